The van der Waals surface area contributed by atoms with Crippen molar-refractivity contribution in [1.29, 1.82) is 0 Å². The highest BCUT2D eigenvalue weighted by Gasteiger charge is 2.09. The standard InChI is InChI=1S/C13H14ClN3O2/c1-2-11-16-12(18)6-13(17-11)19-10-5-3-4-9(14)8(10)7-15/h3-6H,2,7,15H2,1H3,(H,16,17,18). The molecule has 0 radical (unpaired) electrons. The molecule has 0 saturated heterocycles. The number of hydrogen-bond acceptors (Lipinski definition) is 4. The highest BCUT2D eigenvalue weighted by molar-refractivity contribution is 6.31. The minimum absolute atomic E-state index is 0.234. The lowest BCUT2D eigenvalue weighted by molar-refractivity contribution is 0.452. The van der Waals surface area contributed by atoms with Crippen molar-refractivity contribution in [3.63, 3.8) is 0 Å². The van der Waals surface area contributed by atoms with Gasteiger partial charge in [0.1, 0.15) is 11.6 Å². The summed E-state index contributed by atoms with van der Waals surface area (Å²) in [6, 6.07) is 6.52. The molecule has 0 saturated carbocycles. The molecule has 1 aromatic carbocycles. The maximum absolute atomic E-state index is 11.5. The molecule has 0 aliphatic heterocycles. The number of aromatic amines is 1. The summed E-state index contributed by atoms with van der Waals surface area (Å²) >= 11 is 6.04. The van der Waals surface area contributed by atoms with E-state index >= 15 is 0 Å². The molecule has 0 amide bonds. The van der Waals surface area contributed by atoms with Crippen molar-refractivity contribution in [3.8, 4) is 11.6 Å². The molecule has 19 heavy (non-hydrogen) atoms. The first-order valence-corrected chi connectivity index (χ1v) is 6.27. The predicted octanol–water partition coefficient (Wildman–Crippen LogP) is 2.24. The van der Waals surface area contributed by atoms with Gasteiger partial charge in [0.2, 0.25) is 5.88 Å². The average Bonchev–Trinajstić information content (AvgIpc) is 2.38. The Hall–Kier alpha value is -1.85. The van der Waals surface area contributed by atoms with Crippen LogP contribution < -0.4 is 16.0 Å². The first kappa shape index (κ1) is 13.6. The summed E-state index contributed by atoms with van der Waals surface area (Å²) in [4.78, 5) is 18.3. The molecule has 0 bridgehead atoms. The summed E-state index contributed by atoms with van der Waals surface area (Å²) in [5.41, 5.74) is 6.07. The van der Waals surface area contributed by atoms with Gasteiger partial charge >= 0.3 is 0 Å². The van der Waals surface area contributed by atoms with E-state index in [9.17, 15) is 4.79 Å². The molecule has 0 atom stereocenters. The van der Waals surface area contributed by atoms with Gasteiger partial charge in [0.05, 0.1) is 6.07 Å². The smallest absolute Gasteiger partial charge is 0.254 e. The Morgan fingerprint density at radius 1 is 1.47 bits per heavy atom. The van der Waals surface area contributed by atoms with E-state index in [2.05, 4.69) is 9.97 Å². The van der Waals surface area contributed by atoms with E-state index in [1.54, 1.807) is 18.2 Å². The third-order valence-electron chi connectivity index (χ3n) is 2.60. The van der Waals surface area contributed by atoms with Crippen LogP contribution in [0.25, 0.3) is 0 Å². The van der Waals surface area contributed by atoms with Gasteiger partial charge in [0.15, 0.2) is 0 Å². The van der Waals surface area contributed by atoms with Crippen molar-refractivity contribution in [2.45, 2.75) is 19.9 Å². The number of H-pyrrole nitrogens is 1. The van der Waals surface area contributed by atoms with Crippen LogP contribution in [0.3, 0.4) is 0 Å². The molecule has 0 aliphatic rings. The molecule has 0 unspecified atom stereocenters. The molecule has 0 aliphatic carbocycles. The summed E-state index contributed by atoms with van der Waals surface area (Å²) in [5.74, 6) is 1.31. The van der Waals surface area contributed by atoms with Crippen LogP contribution in [0, 0.1) is 0 Å². The Bertz CT molecular complexity index is 640. The molecule has 0 fully saturated rings. The van der Waals surface area contributed by atoms with Crippen LogP contribution in [0.2, 0.25) is 5.02 Å². The second-order valence-electron chi connectivity index (χ2n) is 3.91. The maximum atomic E-state index is 11.5. The van der Waals surface area contributed by atoms with E-state index in [0.29, 0.717) is 28.6 Å². The van der Waals surface area contributed by atoms with Crippen LogP contribution >= 0.6 is 11.6 Å². The first-order valence-electron chi connectivity index (χ1n) is 5.89. The predicted molar refractivity (Wildman–Crippen MR) is 73.7 cm³/mol. The quantitative estimate of drug-likeness (QED) is 0.899. The second kappa shape index (κ2) is 5.86. The minimum Gasteiger partial charge on any atom is -0.438 e. The van der Waals surface area contributed by atoms with Crippen molar-refractivity contribution in [3.05, 3.63) is 51.0 Å². The van der Waals surface area contributed by atoms with E-state index in [0.717, 1.165) is 0 Å². The van der Waals surface area contributed by atoms with Crippen molar-refractivity contribution in [2.75, 3.05) is 0 Å². The van der Waals surface area contributed by atoms with Gasteiger partial charge in [-0.2, -0.15) is 4.98 Å². The molecule has 1 heterocycles. The van der Waals surface area contributed by atoms with Crippen molar-refractivity contribution in [2.24, 2.45) is 5.73 Å². The molecule has 0 spiro atoms. The molecule has 3 N–H and O–H groups in total. The van der Waals surface area contributed by atoms with Crippen LogP contribution in [0.5, 0.6) is 11.6 Å². The average molecular weight is 280 g/mol. The van der Waals surface area contributed by atoms with Crippen LogP contribution in [-0.2, 0) is 13.0 Å². The zero-order chi connectivity index (χ0) is 13.8. The lowest BCUT2D eigenvalue weighted by Gasteiger charge is -2.10. The number of rotatable bonds is 4. The first-order chi connectivity index (χ1) is 9.13. The lowest BCUT2D eigenvalue weighted by atomic mass is 10.2. The van der Waals surface area contributed by atoms with E-state index in [-0.39, 0.29) is 18.0 Å². The molecule has 2 aromatic rings. The van der Waals surface area contributed by atoms with Gasteiger partial charge in [-0.1, -0.05) is 24.6 Å². The second-order valence-corrected chi connectivity index (χ2v) is 4.31. The number of halogens is 1. The van der Waals surface area contributed by atoms with Gasteiger partial charge in [-0.05, 0) is 12.1 Å². The monoisotopic (exact) mass is 279 g/mol. The van der Waals surface area contributed by atoms with Crippen LogP contribution in [0.15, 0.2) is 29.1 Å². The molecule has 1 aromatic heterocycles. The molecule has 6 heteroatoms. The highest BCUT2D eigenvalue weighted by Crippen LogP contribution is 2.28. The number of benzene rings is 1. The number of ether oxygens (including phenoxy) is 1. The summed E-state index contributed by atoms with van der Waals surface area (Å²) in [6.45, 7) is 2.14. The van der Waals surface area contributed by atoms with E-state index in [1.165, 1.54) is 6.07 Å². The summed E-state index contributed by atoms with van der Waals surface area (Å²) in [6.07, 6.45) is 0.617. The van der Waals surface area contributed by atoms with E-state index in [1.807, 2.05) is 6.92 Å². The summed E-state index contributed by atoms with van der Waals surface area (Å²) in [5, 5.41) is 0.528. The fourth-order valence-electron chi connectivity index (χ4n) is 1.65. The third-order valence-corrected chi connectivity index (χ3v) is 2.95. The number of hydrogen-bond donors (Lipinski definition) is 2. The van der Waals surface area contributed by atoms with Gasteiger partial charge in [-0.15, -0.1) is 0 Å². The number of nitrogens with two attached hydrogens (primary N) is 1. The molecular formula is C13H14ClN3O2. The minimum atomic E-state index is -0.252. The molecule has 100 valence electrons. The summed E-state index contributed by atoms with van der Waals surface area (Å²) in [7, 11) is 0. The van der Waals surface area contributed by atoms with Crippen LogP contribution in [-0.4, -0.2) is 9.97 Å². The Morgan fingerprint density at radius 2 is 2.26 bits per heavy atom. The maximum Gasteiger partial charge on any atom is 0.254 e. The van der Waals surface area contributed by atoms with E-state index < -0.39 is 0 Å². The number of aromatic nitrogens is 2. The Morgan fingerprint density at radius 3 is 2.95 bits per heavy atom. The number of nitrogens with zero attached hydrogens (tertiary/aromatic N) is 1. The lowest BCUT2D eigenvalue weighted by Crippen LogP contribution is -2.10. The van der Waals surface area contributed by atoms with Crippen LogP contribution in [0.1, 0.15) is 18.3 Å². The molecule has 5 nitrogen and oxygen atoms in total. The Labute approximate surface area is 115 Å². The molecular weight excluding hydrogens is 266 g/mol. The third kappa shape index (κ3) is 3.13. The van der Waals surface area contributed by atoms with Gasteiger partial charge in [-0.25, -0.2) is 0 Å². The fourth-order valence-corrected chi connectivity index (χ4v) is 1.89. The normalized spacial score (nSPS) is 10.5. The largest absolute Gasteiger partial charge is 0.438 e. The van der Waals surface area contributed by atoms with Crippen molar-refractivity contribution < 1.29 is 4.74 Å². The molecule has 2 rings (SSSR count). The van der Waals surface area contributed by atoms with Crippen molar-refractivity contribution in [1.82, 2.24) is 9.97 Å². The number of nitrogens with one attached hydrogen (secondary N) is 1. The van der Waals surface area contributed by atoms with Gasteiger partial charge in [0, 0.05) is 23.6 Å². The van der Waals surface area contributed by atoms with Crippen molar-refractivity contribution >= 4 is 11.6 Å². The highest BCUT2D eigenvalue weighted by atomic mass is 35.5. The Kier molecular flexibility index (Phi) is 4.19. The fraction of sp³-hybridized carbons (Fsp3) is 0.231. The SMILES string of the molecule is CCc1nc(Oc2cccc(Cl)c2CN)cc(=O)[nH]1. The summed E-state index contributed by atoms with van der Waals surface area (Å²) < 4.78 is 5.61. The Balaban J connectivity index is 2.38. The van der Waals surface area contributed by atoms with Gasteiger partial charge < -0.3 is 15.5 Å². The van der Waals surface area contributed by atoms with E-state index in [4.69, 9.17) is 22.1 Å². The van der Waals surface area contributed by atoms with Gasteiger partial charge in [0.25, 0.3) is 5.56 Å². The zero-order valence-electron chi connectivity index (χ0n) is 10.4. The topological polar surface area (TPSA) is 81.0 Å². The van der Waals surface area contributed by atoms with Crippen LogP contribution in [0.4, 0.5) is 0 Å². The van der Waals surface area contributed by atoms with Gasteiger partial charge in [-0.3, -0.25) is 4.79 Å². The number of aryl methyl sites for hydroxylation is 1. The zero-order valence-corrected chi connectivity index (χ0v) is 11.2.